The van der Waals surface area contributed by atoms with Crippen molar-refractivity contribution in [3.8, 4) is 0 Å². The van der Waals surface area contributed by atoms with Crippen LogP contribution in [0.4, 0.5) is 4.39 Å². The van der Waals surface area contributed by atoms with Gasteiger partial charge in [0.25, 0.3) is 5.56 Å². The molecule has 0 radical (unpaired) electrons. The third kappa shape index (κ3) is 2.04. The number of H-pyrrole nitrogens is 1. The summed E-state index contributed by atoms with van der Waals surface area (Å²) in [6.45, 7) is 5.33. The lowest BCUT2D eigenvalue weighted by Gasteiger charge is -2.38. The van der Waals surface area contributed by atoms with Crippen molar-refractivity contribution in [2.24, 2.45) is 0 Å². The minimum absolute atomic E-state index is 0.210. The van der Waals surface area contributed by atoms with E-state index < -0.39 is 0 Å². The van der Waals surface area contributed by atoms with Gasteiger partial charge in [-0.3, -0.25) is 9.69 Å². The number of rotatable bonds is 2. The molecule has 3 rings (SSSR count). The first-order chi connectivity index (χ1) is 9.06. The molecule has 1 fully saturated rings. The maximum Gasteiger partial charge on any atom is 0.269 e. The minimum Gasteiger partial charge on any atom is -0.317 e. The molecular formula is C14H16FN3O. The van der Waals surface area contributed by atoms with E-state index in [1.165, 1.54) is 0 Å². The Morgan fingerprint density at radius 2 is 2.32 bits per heavy atom. The second kappa shape index (κ2) is 4.42. The largest absolute Gasteiger partial charge is 0.317 e. The van der Waals surface area contributed by atoms with Gasteiger partial charge in [-0.05, 0) is 26.3 Å². The van der Waals surface area contributed by atoms with Crippen molar-refractivity contribution >= 4 is 11.0 Å². The number of hydrogen-bond donors (Lipinski definition) is 1. The van der Waals surface area contributed by atoms with Gasteiger partial charge >= 0.3 is 0 Å². The molecule has 0 aliphatic carbocycles. The average molecular weight is 261 g/mol. The molecular weight excluding hydrogens is 245 g/mol. The molecule has 100 valence electrons. The number of aryl methyl sites for hydroxylation is 1. The predicted octanol–water partition coefficient (Wildman–Crippen LogP) is 1.96. The summed E-state index contributed by atoms with van der Waals surface area (Å²) in [5.41, 5.74) is 1.34. The molecule has 0 bridgehead atoms. The zero-order chi connectivity index (χ0) is 13.6. The standard InChI is InChI=1S/C14H16FN3O/c1-8-5-6-18(8)7-10-3-4-11-13(12(10)15)17-14(19)9(2)16-11/h3-4,8H,5-7H2,1-2H3,(H,17,19)/t8-/m1/s1. The Balaban J connectivity index is 2.05. The molecule has 2 aromatic rings. The van der Waals surface area contributed by atoms with Crippen molar-refractivity contribution in [2.45, 2.75) is 32.9 Å². The number of halogens is 1. The van der Waals surface area contributed by atoms with Crippen molar-refractivity contribution in [1.82, 2.24) is 14.9 Å². The molecule has 5 heteroatoms. The second-order valence-corrected chi connectivity index (χ2v) is 5.19. The highest BCUT2D eigenvalue weighted by molar-refractivity contribution is 5.75. The number of benzene rings is 1. The summed E-state index contributed by atoms with van der Waals surface area (Å²) in [5, 5.41) is 0. The van der Waals surface area contributed by atoms with E-state index in [9.17, 15) is 9.18 Å². The van der Waals surface area contributed by atoms with Crippen LogP contribution in [0.25, 0.3) is 11.0 Å². The van der Waals surface area contributed by atoms with Gasteiger partial charge in [0, 0.05) is 24.7 Å². The van der Waals surface area contributed by atoms with Crippen LogP contribution in [0.15, 0.2) is 16.9 Å². The normalized spacial score (nSPS) is 19.6. The van der Waals surface area contributed by atoms with Gasteiger partial charge in [0.2, 0.25) is 0 Å². The molecule has 2 heterocycles. The summed E-state index contributed by atoms with van der Waals surface area (Å²) in [5.74, 6) is -0.360. The molecule has 1 aromatic heterocycles. The van der Waals surface area contributed by atoms with Gasteiger partial charge in [0.05, 0.1) is 5.52 Å². The number of hydrogen-bond acceptors (Lipinski definition) is 3. The van der Waals surface area contributed by atoms with Crippen LogP contribution >= 0.6 is 0 Å². The minimum atomic E-state index is -0.360. The lowest BCUT2D eigenvalue weighted by atomic mass is 10.0. The number of aromatic nitrogens is 2. The lowest BCUT2D eigenvalue weighted by Crippen LogP contribution is -2.44. The van der Waals surface area contributed by atoms with E-state index in [1.807, 2.05) is 0 Å². The van der Waals surface area contributed by atoms with Crippen LogP contribution in [0.1, 0.15) is 24.6 Å². The Kier molecular flexibility index (Phi) is 2.86. The molecule has 19 heavy (non-hydrogen) atoms. The first-order valence-electron chi connectivity index (χ1n) is 6.48. The maximum atomic E-state index is 14.4. The van der Waals surface area contributed by atoms with Gasteiger partial charge in [-0.15, -0.1) is 0 Å². The third-order valence-electron chi connectivity index (χ3n) is 3.89. The van der Waals surface area contributed by atoms with Gasteiger partial charge in [-0.25, -0.2) is 9.37 Å². The topological polar surface area (TPSA) is 49.0 Å². The first-order valence-corrected chi connectivity index (χ1v) is 6.48. The van der Waals surface area contributed by atoms with Crippen molar-refractivity contribution in [2.75, 3.05) is 6.54 Å². The van der Waals surface area contributed by atoms with Crippen LogP contribution in [0.2, 0.25) is 0 Å². The molecule has 1 saturated heterocycles. The van der Waals surface area contributed by atoms with E-state index in [4.69, 9.17) is 0 Å². The van der Waals surface area contributed by atoms with E-state index in [-0.39, 0.29) is 16.9 Å². The molecule has 1 N–H and O–H groups in total. The van der Waals surface area contributed by atoms with E-state index >= 15 is 0 Å². The van der Waals surface area contributed by atoms with Crippen LogP contribution in [0.5, 0.6) is 0 Å². The summed E-state index contributed by atoms with van der Waals surface area (Å²) in [6.07, 6.45) is 1.16. The molecule has 0 amide bonds. The smallest absolute Gasteiger partial charge is 0.269 e. The van der Waals surface area contributed by atoms with E-state index in [2.05, 4.69) is 21.8 Å². The number of nitrogens with zero attached hydrogens (tertiary/aromatic N) is 2. The Bertz CT molecular complexity index is 695. The SMILES string of the molecule is Cc1nc2ccc(CN3CC[C@H]3C)c(F)c2[nH]c1=O. The van der Waals surface area contributed by atoms with Crippen LogP contribution in [0, 0.1) is 12.7 Å². The molecule has 1 aromatic carbocycles. The quantitative estimate of drug-likeness (QED) is 0.899. The summed E-state index contributed by atoms with van der Waals surface area (Å²) in [4.78, 5) is 20.4. The predicted molar refractivity (Wildman–Crippen MR) is 71.5 cm³/mol. The Morgan fingerprint density at radius 1 is 1.53 bits per heavy atom. The highest BCUT2D eigenvalue weighted by Gasteiger charge is 2.24. The van der Waals surface area contributed by atoms with Crippen molar-refractivity contribution in [3.05, 3.63) is 39.6 Å². The summed E-state index contributed by atoms with van der Waals surface area (Å²) >= 11 is 0. The van der Waals surface area contributed by atoms with Gasteiger partial charge in [0.1, 0.15) is 11.2 Å². The third-order valence-corrected chi connectivity index (χ3v) is 3.89. The van der Waals surface area contributed by atoms with Crippen LogP contribution in [-0.4, -0.2) is 27.5 Å². The van der Waals surface area contributed by atoms with Crippen LogP contribution in [0.3, 0.4) is 0 Å². The van der Waals surface area contributed by atoms with E-state index in [0.29, 0.717) is 29.4 Å². The van der Waals surface area contributed by atoms with Crippen molar-refractivity contribution in [1.29, 1.82) is 0 Å². The fourth-order valence-corrected chi connectivity index (χ4v) is 2.40. The van der Waals surface area contributed by atoms with Crippen molar-refractivity contribution in [3.63, 3.8) is 0 Å². The Hall–Kier alpha value is -1.75. The lowest BCUT2D eigenvalue weighted by molar-refractivity contribution is 0.0946. The van der Waals surface area contributed by atoms with E-state index in [1.54, 1.807) is 19.1 Å². The summed E-state index contributed by atoms with van der Waals surface area (Å²) in [7, 11) is 0. The molecule has 0 saturated carbocycles. The van der Waals surface area contributed by atoms with Gasteiger partial charge < -0.3 is 4.98 Å². The fourth-order valence-electron chi connectivity index (χ4n) is 2.40. The first kappa shape index (κ1) is 12.3. The maximum absolute atomic E-state index is 14.4. The zero-order valence-electron chi connectivity index (χ0n) is 11.0. The van der Waals surface area contributed by atoms with E-state index in [0.717, 1.165) is 13.0 Å². The molecule has 1 atom stereocenters. The summed E-state index contributed by atoms with van der Waals surface area (Å²) < 4.78 is 14.4. The van der Waals surface area contributed by atoms with Gasteiger partial charge in [-0.2, -0.15) is 0 Å². The Labute approximate surface area is 110 Å². The van der Waals surface area contributed by atoms with Gasteiger partial charge in [-0.1, -0.05) is 6.07 Å². The molecule has 1 aliphatic rings. The molecule has 1 aliphatic heterocycles. The number of nitrogens with one attached hydrogen (secondary N) is 1. The second-order valence-electron chi connectivity index (χ2n) is 5.19. The monoisotopic (exact) mass is 261 g/mol. The highest BCUT2D eigenvalue weighted by atomic mass is 19.1. The summed E-state index contributed by atoms with van der Waals surface area (Å²) in [6, 6.07) is 4.03. The number of aromatic amines is 1. The fraction of sp³-hybridized carbons (Fsp3) is 0.429. The number of likely N-dealkylation sites (tertiary alicyclic amines) is 1. The number of fused-ring (bicyclic) bond motifs is 1. The molecule has 0 spiro atoms. The highest BCUT2D eigenvalue weighted by Crippen LogP contribution is 2.23. The van der Waals surface area contributed by atoms with Crippen LogP contribution < -0.4 is 5.56 Å². The van der Waals surface area contributed by atoms with Gasteiger partial charge in [0.15, 0.2) is 5.82 Å². The molecule has 4 nitrogen and oxygen atoms in total. The average Bonchev–Trinajstić information content (AvgIpc) is 2.39. The Morgan fingerprint density at radius 3 is 2.95 bits per heavy atom. The molecule has 0 unspecified atom stereocenters. The zero-order valence-corrected chi connectivity index (χ0v) is 11.0. The van der Waals surface area contributed by atoms with Crippen molar-refractivity contribution < 1.29 is 4.39 Å². The van der Waals surface area contributed by atoms with Crippen LogP contribution in [-0.2, 0) is 6.54 Å².